The molecule has 0 bridgehead atoms. The molecule has 0 radical (unpaired) electrons. The van der Waals surface area contributed by atoms with Crippen LogP contribution in [0.1, 0.15) is 49.8 Å². The van der Waals surface area contributed by atoms with E-state index in [2.05, 4.69) is 38.6 Å². The van der Waals surface area contributed by atoms with Gasteiger partial charge in [0.1, 0.15) is 0 Å². The van der Waals surface area contributed by atoms with Crippen molar-refractivity contribution in [2.75, 3.05) is 0 Å². The van der Waals surface area contributed by atoms with Gasteiger partial charge in [0.05, 0.1) is 0 Å². The Morgan fingerprint density at radius 1 is 1.13 bits per heavy atom. The molecule has 0 aliphatic rings. The Bertz CT molecular complexity index is 310. The van der Waals surface area contributed by atoms with Crippen LogP contribution in [-0.2, 0) is 12.8 Å². The maximum atomic E-state index is 3.82. The van der Waals surface area contributed by atoms with Crippen molar-refractivity contribution in [3.05, 3.63) is 41.5 Å². The zero-order chi connectivity index (χ0) is 11.1. The van der Waals surface area contributed by atoms with Crippen LogP contribution in [0.25, 0.3) is 6.08 Å². The summed E-state index contributed by atoms with van der Waals surface area (Å²) in [6.45, 7) is 8.30. The minimum Gasteiger partial charge on any atom is -0.0985 e. The molecule has 1 rings (SSSR count). The maximum absolute atomic E-state index is 3.82. The maximum Gasteiger partial charge on any atom is -0.0260 e. The molecule has 0 aliphatic heterocycles. The molecule has 1 aromatic rings. The Labute approximate surface area is 94.0 Å². The highest BCUT2D eigenvalue weighted by Gasteiger charge is 2.01. The Kier molecular flexibility index (Phi) is 5.17. The van der Waals surface area contributed by atoms with E-state index in [1.165, 1.54) is 42.4 Å². The number of aryl methyl sites for hydroxylation is 2. The van der Waals surface area contributed by atoms with Crippen molar-refractivity contribution in [3.63, 3.8) is 0 Å². The van der Waals surface area contributed by atoms with Crippen molar-refractivity contribution in [3.8, 4) is 0 Å². The van der Waals surface area contributed by atoms with Crippen molar-refractivity contribution in [2.24, 2.45) is 0 Å². The molecule has 0 nitrogen and oxygen atoms in total. The number of rotatable bonds is 6. The van der Waals surface area contributed by atoms with Crippen molar-refractivity contribution in [1.82, 2.24) is 0 Å². The molecule has 0 N–H and O–H groups in total. The zero-order valence-electron chi connectivity index (χ0n) is 10.1. The van der Waals surface area contributed by atoms with Crippen LogP contribution in [0.5, 0.6) is 0 Å². The molecular formula is C15H22. The summed E-state index contributed by atoms with van der Waals surface area (Å²) < 4.78 is 0. The summed E-state index contributed by atoms with van der Waals surface area (Å²) >= 11 is 0. The Morgan fingerprint density at radius 3 is 2.53 bits per heavy atom. The lowest BCUT2D eigenvalue weighted by atomic mass is 9.97. The van der Waals surface area contributed by atoms with Crippen molar-refractivity contribution in [2.45, 2.75) is 46.0 Å². The van der Waals surface area contributed by atoms with Gasteiger partial charge < -0.3 is 0 Å². The van der Waals surface area contributed by atoms with Gasteiger partial charge in [-0.05, 0) is 36.0 Å². The van der Waals surface area contributed by atoms with E-state index < -0.39 is 0 Å². The molecule has 0 heteroatoms. The van der Waals surface area contributed by atoms with Crippen LogP contribution in [0.4, 0.5) is 0 Å². The van der Waals surface area contributed by atoms with Gasteiger partial charge >= 0.3 is 0 Å². The molecule has 15 heavy (non-hydrogen) atoms. The van der Waals surface area contributed by atoms with Gasteiger partial charge in [0.2, 0.25) is 0 Å². The fourth-order valence-electron chi connectivity index (χ4n) is 1.92. The third kappa shape index (κ3) is 3.54. The molecule has 0 atom stereocenters. The van der Waals surface area contributed by atoms with Gasteiger partial charge in [-0.25, -0.2) is 0 Å². The minimum atomic E-state index is 1.14. The predicted molar refractivity (Wildman–Crippen MR) is 69.1 cm³/mol. The van der Waals surface area contributed by atoms with E-state index in [9.17, 15) is 0 Å². The molecule has 0 saturated carbocycles. The predicted octanol–water partition coefficient (Wildman–Crippen LogP) is 4.62. The lowest BCUT2D eigenvalue weighted by molar-refractivity contribution is 0.713. The topological polar surface area (TPSA) is 0 Å². The molecule has 0 saturated heterocycles. The van der Waals surface area contributed by atoms with Crippen LogP contribution >= 0.6 is 0 Å². The van der Waals surface area contributed by atoms with Crippen molar-refractivity contribution < 1.29 is 0 Å². The second kappa shape index (κ2) is 6.44. The van der Waals surface area contributed by atoms with Gasteiger partial charge in [0.15, 0.2) is 0 Å². The lowest BCUT2D eigenvalue weighted by Crippen LogP contribution is -1.94. The highest BCUT2D eigenvalue weighted by molar-refractivity contribution is 5.50. The average molecular weight is 202 g/mol. The molecule has 0 heterocycles. The largest absolute Gasteiger partial charge is 0.0985 e. The SMILES string of the molecule is C=Cc1ccc(CC)c(CCCCC)c1. The molecule has 0 aromatic heterocycles. The Hall–Kier alpha value is -1.04. The van der Waals surface area contributed by atoms with Gasteiger partial charge in [-0.3, -0.25) is 0 Å². The molecule has 1 aromatic carbocycles. The first-order valence-corrected chi connectivity index (χ1v) is 6.06. The molecule has 0 unspecified atom stereocenters. The summed E-state index contributed by atoms with van der Waals surface area (Å²) in [6, 6.07) is 6.70. The second-order valence-electron chi connectivity index (χ2n) is 4.04. The third-order valence-corrected chi connectivity index (χ3v) is 2.90. The van der Waals surface area contributed by atoms with Gasteiger partial charge in [-0.1, -0.05) is 57.5 Å². The van der Waals surface area contributed by atoms with E-state index in [4.69, 9.17) is 0 Å². The van der Waals surface area contributed by atoms with Crippen LogP contribution in [-0.4, -0.2) is 0 Å². The summed E-state index contributed by atoms with van der Waals surface area (Å²) in [4.78, 5) is 0. The number of hydrogen-bond acceptors (Lipinski definition) is 0. The number of benzene rings is 1. The van der Waals surface area contributed by atoms with E-state index >= 15 is 0 Å². The first-order chi connectivity index (χ1) is 7.31. The molecular weight excluding hydrogens is 180 g/mol. The molecule has 0 spiro atoms. The number of hydrogen-bond donors (Lipinski definition) is 0. The first-order valence-electron chi connectivity index (χ1n) is 6.06. The van der Waals surface area contributed by atoms with Crippen molar-refractivity contribution in [1.29, 1.82) is 0 Å². The van der Waals surface area contributed by atoms with E-state index in [0.29, 0.717) is 0 Å². The van der Waals surface area contributed by atoms with E-state index in [1.54, 1.807) is 0 Å². The monoisotopic (exact) mass is 202 g/mol. The van der Waals surface area contributed by atoms with Gasteiger partial charge in [-0.15, -0.1) is 0 Å². The Balaban J connectivity index is 2.76. The smallest absolute Gasteiger partial charge is 0.0260 e. The Morgan fingerprint density at radius 2 is 1.93 bits per heavy atom. The first kappa shape index (κ1) is 12.0. The van der Waals surface area contributed by atoms with Gasteiger partial charge in [0.25, 0.3) is 0 Å². The molecule has 0 fully saturated rings. The quantitative estimate of drug-likeness (QED) is 0.590. The minimum absolute atomic E-state index is 1.14. The fraction of sp³-hybridized carbons (Fsp3) is 0.467. The van der Waals surface area contributed by atoms with Crippen LogP contribution in [0, 0.1) is 0 Å². The summed E-state index contributed by atoms with van der Waals surface area (Å²) in [5, 5.41) is 0. The average Bonchev–Trinajstić information content (AvgIpc) is 2.29. The van der Waals surface area contributed by atoms with Crippen LogP contribution in [0.15, 0.2) is 24.8 Å². The summed E-state index contributed by atoms with van der Waals surface area (Å²) in [5.74, 6) is 0. The molecule has 0 aliphatic carbocycles. The van der Waals surface area contributed by atoms with Crippen molar-refractivity contribution >= 4 is 6.08 Å². The van der Waals surface area contributed by atoms with Gasteiger partial charge in [-0.2, -0.15) is 0 Å². The summed E-state index contributed by atoms with van der Waals surface area (Å²) in [6.07, 6.45) is 8.23. The molecule has 0 amide bonds. The third-order valence-electron chi connectivity index (χ3n) is 2.90. The van der Waals surface area contributed by atoms with Crippen LogP contribution < -0.4 is 0 Å². The lowest BCUT2D eigenvalue weighted by Gasteiger charge is -2.08. The summed E-state index contributed by atoms with van der Waals surface area (Å²) in [7, 11) is 0. The van der Waals surface area contributed by atoms with Crippen LogP contribution in [0.2, 0.25) is 0 Å². The molecule has 82 valence electrons. The second-order valence-corrected chi connectivity index (χ2v) is 4.04. The number of unbranched alkanes of at least 4 members (excludes halogenated alkanes) is 2. The zero-order valence-corrected chi connectivity index (χ0v) is 10.1. The summed E-state index contributed by atoms with van der Waals surface area (Å²) in [5.41, 5.74) is 4.26. The normalized spacial score (nSPS) is 10.3. The van der Waals surface area contributed by atoms with E-state index in [1.807, 2.05) is 6.08 Å². The fourth-order valence-corrected chi connectivity index (χ4v) is 1.92. The standard InChI is InChI=1S/C15H22/c1-4-7-8-9-15-12-13(5-2)10-11-14(15)6-3/h5,10-12H,2,4,6-9H2,1,3H3. The van der Waals surface area contributed by atoms with E-state index in [0.717, 1.165) is 6.42 Å². The highest BCUT2D eigenvalue weighted by Crippen LogP contribution is 2.16. The van der Waals surface area contributed by atoms with E-state index in [-0.39, 0.29) is 0 Å². The highest BCUT2D eigenvalue weighted by atomic mass is 14.1. The van der Waals surface area contributed by atoms with Crippen LogP contribution in [0.3, 0.4) is 0 Å². The van der Waals surface area contributed by atoms with Gasteiger partial charge in [0, 0.05) is 0 Å².